The molecule has 1 aromatic carbocycles. The van der Waals surface area contributed by atoms with Crippen LogP contribution in [0.5, 0.6) is 0 Å². The largest absolute Gasteiger partial charge is 0.398 e. The quantitative estimate of drug-likeness (QED) is 0.848. The normalized spacial score (nSPS) is 18.7. The lowest BCUT2D eigenvalue weighted by Crippen LogP contribution is -2.39. The zero-order valence-corrected chi connectivity index (χ0v) is 13.0. The Hall–Kier alpha value is -1.55. The molecule has 1 aliphatic rings. The van der Waals surface area contributed by atoms with Crippen molar-refractivity contribution in [2.24, 2.45) is 0 Å². The molecule has 4 heteroatoms. The van der Waals surface area contributed by atoms with Gasteiger partial charge in [0, 0.05) is 24.9 Å². The molecule has 1 saturated heterocycles. The van der Waals surface area contributed by atoms with Crippen molar-refractivity contribution in [2.45, 2.75) is 58.2 Å². The highest BCUT2D eigenvalue weighted by atomic mass is 16.5. The van der Waals surface area contributed by atoms with Gasteiger partial charge in [-0.1, -0.05) is 18.2 Å². The number of carbonyl (C=O) groups excluding carboxylic acids is 1. The minimum Gasteiger partial charge on any atom is -0.398 e. The molecule has 0 spiro atoms. The Morgan fingerprint density at radius 1 is 1.38 bits per heavy atom. The van der Waals surface area contributed by atoms with Gasteiger partial charge >= 0.3 is 0 Å². The van der Waals surface area contributed by atoms with Crippen LogP contribution in [0.3, 0.4) is 0 Å². The summed E-state index contributed by atoms with van der Waals surface area (Å²) in [5.74, 6) is 0.153. The Labute approximate surface area is 127 Å². The first-order valence-corrected chi connectivity index (χ1v) is 7.82. The monoisotopic (exact) mass is 290 g/mol. The molecule has 1 atom stereocenters. The van der Waals surface area contributed by atoms with Gasteiger partial charge in [0.25, 0.3) is 0 Å². The third kappa shape index (κ3) is 4.46. The molecule has 0 saturated carbocycles. The summed E-state index contributed by atoms with van der Waals surface area (Å²) in [6, 6.07) is 7.88. The van der Waals surface area contributed by atoms with E-state index < -0.39 is 0 Å². The van der Waals surface area contributed by atoms with Gasteiger partial charge in [0.2, 0.25) is 5.91 Å². The maximum Gasteiger partial charge on any atom is 0.225 e. The zero-order chi connectivity index (χ0) is 15.2. The van der Waals surface area contributed by atoms with Crippen LogP contribution in [0.4, 0.5) is 5.69 Å². The molecule has 4 nitrogen and oxygen atoms in total. The van der Waals surface area contributed by atoms with E-state index in [4.69, 9.17) is 10.5 Å². The van der Waals surface area contributed by atoms with Crippen molar-refractivity contribution in [3.63, 3.8) is 0 Å². The fourth-order valence-corrected chi connectivity index (χ4v) is 2.70. The number of anilines is 1. The fraction of sp³-hybridized carbons (Fsp3) is 0.588. The third-order valence-corrected chi connectivity index (χ3v) is 4.02. The number of rotatable bonds is 5. The number of ether oxygens (including phenoxy) is 1. The number of hydrogen-bond donors (Lipinski definition) is 1. The highest BCUT2D eigenvalue weighted by molar-refractivity contribution is 5.77. The summed E-state index contributed by atoms with van der Waals surface area (Å²) in [6.07, 6.45) is 3.82. The Morgan fingerprint density at radius 2 is 2.14 bits per heavy atom. The molecule has 0 bridgehead atoms. The second-order valence-electron chi connectivity index (χ2n) is 6.01. The van der Waals surface area contributed by atoms with Crippen LogP contribution in [0.2, 0.25) is 0 Å². The number of carbonyl (C=O) groups is 1. The predicted octanol–water partition coefficient (Wildman–Crippen LogP) is 2.97. The van der Waals surface area contributed by atoms with Gasteiger partial charge in [-0.2, -0.15) is 0 Å². The lowest BCUT2D eigenvalue weighted by atomic mass is 10.0. The second-order valence-corrected chi connectivity index (χ2v) is 6.01. The van der Waals surface area contributed by atoms with E-state index in [1.807, 2.05) is 43.0 Å². The van der Waals surface area contributed by atoms with Gasteiger partial charge in [-0.15, -0.1) is 0 Å². The van der Waals surface area contributed by atoms with E-state index >= 15 is 0 Å². The lowest BCUT2D eigenvalue weighted by molar-refractivity contribution is -0.137. The van der Waals surface area contributed by atoms with E-state index in [1.165, 1.54) is 0 Å². The topological polar surface area (TPSA) is 55.6 Å². The van der Waals surface area contributed by atoms with E-state index in [0.717, 1.165) is 37.1 Å². The van der Waals surface area contributed by atoms with E-state index in [-0.39, 0.29) is 18.1 Å². The van der Waals surface area contributed by atoms with Crippen LogP contribution < -0.4 is 5.73 Å². The van der Waals surface area contributed by atoms with Crippen molar-refractivity contribution >= 4 is 11.6 Å². The van der Waals surface area contributed by atoms with E-state index in [9.17, 15) is 4.79 Å². The third-order valence-electron chi connectivity index (χ3n) is 4.02. The lowest BCUT2D eigenvalue weighted by Gasteiger charge is -2.30. The van der Waals surface area contributed by atoms with Gasteiger partial charge in [-0.25, -0.2) is 0 Å². The van der Waals surface area contributed by atoms with Crippen LogP contribution in [0, 0.1) is 0 Å². The highest BCUT2D eigenvalue weighted by Gasteiger charge is 2.23. The number of hydrogen-bond acceptors (Lipinski definition) is 3. The van der Waals surface area contributed by atoms with Crippen LogP contribution in [-0.2, 0) is 16.1 Å². The zero-order valence-electron chi connectivity index (χ0n) is 13.0. The molecule has 1 unspecified atom stereocenters. The van der Waals surface area contributed by atoms with Gasteiger partial charge < -0.3 is 15.4 Å². The van der Waals surface area contributed by atoms with Crippen LogP contribution in [0.25, 0.3) is 0 Å². The molecule has 1 aliphatic heterocycles. The Kier molecular flexibility index (Phi) is 5.62. The van der Waals surface area contributed by atoms with Crippen molar-refractivity contribution in [3.05, 3.63) is 29.8 Å². The summed E-state index contributed by atoms with van der Waals surface area (Å²) in [5.41, 5.74) is 7.74. The SMILES string of the molecule is CC(C)N(Cc1ccccc1N)C(=O)CC1CCCCO1. The number of amides is 1. The smallest absolute Gasteiger partial charge is 0.225 e. The minimum absolute atomic E-state index is 0.0839. The molecular weight excluding hydrogens is 264 g/mol. The Morgan fingerprint density at radius 3 is 2.76 bits per heavy atom. The first-order valence-electron chi connectivity index (χ1n) is 7.82. The molecule has 0 aromatic heterocycles. The van der Waals surface area contributed by atoms with Gasteiger partial charge in [-0.3, -0.25) is 4.79 Å². The standard InChI is InChI=1S/C17H26N2O2/c1-13(2)19(12-14-7-3-4-9-16(14)18)17(20)11-15-8-5-6-10-21-15/h3-4,7,9,13,15H,5-6,8,10-12,18H2,1-2H3. The molecule has 2 rings (SSSR count). The number of benzene rings is 1. The van der Waals surface area contributed by atoms with Crippen LogP contribution in [0.15, 0.2) is 24.3 Å². The first kappa shape index (κ1) is 15.8. The van der Waals surface area contributed by atoms with Crippen molar-refractivity contribution in [1.82, 2.24) is 4.90 Å². The molecule has 21 heavy (non-hydrogen) atoms. The average molecular weight is 290 g/mol. The van der Waals surface area contributed by atoms with Gasteiger partial charge in [-0.05, 0) is 44.7 Å². The average Bonchev–Trinajstić information content (AvgIpc) is 2.47. The maximum absolute atomic E-state index is 12.6. The van der Waals surface area contributed by atoms with Gasteiger partial charge in [0.1, 0.15) is 0 Å². The van der Waals surface area contributed by atoms with Crippen molar-refractivity contribution in [2.75, 3.05) is 12.3 Å². The molecular formula is C17H26N2O2. The Bertz CT molecular complexity index is 468. The molecule has 1 amide bonds. The number of para-hydroxylation sites is 1. The second kappa shape index (κ2) is 7.46. The predicted molar refractivity (Wildman–Crippen MR) is 84.7 cm³/mol. The molecule has 1 heterocycles. The molecule has 0 radical (unpaired) electrons. The van der Waals surface area contributed by atoms with E-state index in [1.54, 1.807) is 0 Å². The van der Waals surface area contributed by atoms with Gasteiger partial charge in [0.15, 0.2) is 0 Å². The van der Waals surface area contributed by atoms with Crippen molar-refractivity contribution < 1.29 is 9.53 Å². The van der Waals surface area contributed by atoms with Gasteiger partial charge in [0.05, 0.1) is 12.5 Å². The van der Waals surface area contributed by atoms with Crippen molar-refractivity contribution in [1.29, 1.82) is 0 Å². The number of nitrogens with two attached hydrogens (primary N) is 1. The van der Waals surface area contributed by atoms with Crippen LogP contribution in [-0.4, -0.2) is 29.6 Å². The molecule has 2 N–H and O–H groups in total. The highest BCUT2D eigenvalue weighted by Crippen LogP contribution is 2.20. The fourth-order valence-electron chi connectivity index (χ4n) is 2.70. The number of nitrogen functional groups attached to an aromatic ring is 1. The molecule has 1 aromatic rings. The minimum atomic E-state index is 0.0839. The summed E-state index contributed by atoms with van der Waals surface area (Å²) in [4.78, 5) is 14.5. The van der Waals surface area contributed by atoms with E-state index in [0.29, 0.717) is 13.0 Å². The van der Waals surface area contributed by atoms with Crippen LogP contribution in [0.1, 0.15) is 45.1 Å². The van der Waals surface area contributed by atoms with Crippen LogP contribution >= 0.6 is 0 Å². The summed E-state index contributed by atoms with van der Waals surface area (Å²) >= 11 is 0. The van der Waals surface area contributed by atoms with Crippen molar-refractivity contribution in [3.8, 4) is 0 Å². The Balaban J connectivity index is 2.00. The first-order chi connectivity index (χ1) is 10.1. The summed E-state index contributed by atoms with van der Waals surface area (Å²) in [6.45, 7) is 5.43. The molecule has 1 fully saturated rings. The number of nitrogens with zero attached hydrogens (tertiary/aromatic N) is 1. The summed E-state index contributed by atoms with van der Waals surface area (Å²) in [7, 11) is 0. The molecule has 0 aliphatic carbocycles. The maximum atomic E-state index is 12.6. The van der Waals surface area contributed by atoms with E-state index in [2.05, 4.69) is 0 Å². The molecule has 116 valence electrons. The summed E-state index contributed by atoms with van der Waals surface area (Å²) in [5, 5.41) is 0. The summed E-state index contributed by atoms with van der Waals surface area (Å²) < 4.78 is 5.68.